The number of nitrogens with one attached hydrogen (secondary N) is 1. The third-order valence-corrected chi connectivity index (χ3v) is 3.17. The van der Waals surface area contributed by atoms with Crippen molar-refractivity contribution in [3.05, 3.63) is 0 Å². The summed E-state index contributed by atoms with van der Waals surface area (Å²) in [4.78, 5) is 25.2. The largest absolute Gasteiger partial charge is 0.356 e. The zero-order chi connectivity index (χ0) is 12.7. The summed E-state index contributed by atoms with van der Waals surface area (Å²) < 4.78 is 0. The minimum absolute atomic E-state index is 0.0104. The van der Waals surface area contributed by atoms with Crippen LogP contribution >= 0.6 is 0 Å². The van der Waals surface area contributed by atoms with E-state index in [0.717, 1.165) is 32.4 Å². The van der Waals surface area contributed by atoms with Gasteiger partial charge >= 0.3 is 0 Å². The first-order chi connectivity index (χ1) is 8.13. The standard InChI is InChI=1S/C13H24N2O2/c1-3-4-7-14-12(16)9-13(17)15-8-5-6-11(2)10-15/h11H,3-10H2,1-2H3,(H,14,16). The first-order valence-electron chi connectivity index (χ1n) is 6.68. The van der Waals surface area contributed by atoms with Gasteiger partial charge in [0.2, 0.25) is 11.8 Å². The van der Waals surface area contributed by atoms with Crippen molar-refractivity contribution in [3.8, 4) is 0 Å². The topological polar surface area (TPSA) is 49.4 Å². The van der Waals surface area contributed by atoms with E-state index in [-0.39, 0.29) is 18.2 Å². The average Bonchev–Trinajstić information content (AvgIpc) is 2.29. The molecule has 17 heavy (non-hydrogen) atoms. The van der Waals surface area contributed by atoms with Crippen LogP contribution < -0.4 is 5.32 Å². The van der Waals surface area contributed by atoms with Crippen LogP contribution in [0.25, 0.3) is 0 Å². The van der Waals surface area contributed by atoms with Crippen LogP contribution in [0.2, 0.25) is 0 Å². The monoisotopic (exact) mass is 240 g/mol. The van der Waals surface area contributed by atoms with E-state index < -0.39 is 0 Å². The lowest BCUT2D eigenvalue weighted by molar-refractivity contribution is -0.137. The molecule has 1 heterocycles. The molecular weight excluding hydrogens is 216 g/mol. The number of piperidine rings is 1. The molecule has 0 radical (unpaired) electrons. The Morgan fingerprint density at radius 3 is 2.82 bits per heavy atom. The molecule has 1 aliphatic rings. The molecule has 0 aromatic heterocycles. The molecule has 0 saturated carbocycles. The van der Waals surface area contributed by atoms with Gasteiger partial charge in [-0.15, -0.1) is 0 Å². The van der Waals surface area contributed by atoms with Crippen LogP contribution in [0.4, 0.5) is 0 Å². The summed E-state index contributed by atoms with van der Waals surface area (Å²) in [5.41, 5.74) is 0. The van der Waals surface area contributed by atoms with Crippen molar-refractivity contribution in [3.63, 3.8) is 0 Å². The molecule has 1 aliphatic heterocycles. The van der Waals surface area contributed by atoms with Crippen LogP contribution in [-0.4, -0.2) is 36.3 Å². The van der Waals surface area contributed by atoms with Gasteiger partial charge in [0.05, 0.1) is 0 Å². The molecule has 98 valence electrons. The van der Waals surface area contributed by atoms with Gasteiger partial charge in [0.15, 0.2) is 0 Å². The van der Waals surface area contributed by atoms with Gasteiger partial charge in [-0.05, 0) is 25.2 Å². The van der Waals surface area contributed by atoms with Crippen molar-refractivity contribution < 1.29 is 9.59 Å². The third kappa shape index (κ3) is 5.20. The van der Waals surface area contributed by atoms with Crippen molar-refractivity contribution >= 4 is 11.8 Å². The zero-order valence-electron chi connectivity index (χ0n) is 11.0. The van der Waals surface area contributed by atoms with E-state index in [9.17, 15) is 9.59 Å². The molecule has 0 aromatic carbocycles. The van der Waals surface area contributed by atoms with Crippen LogP contribution in [0.15, 0.2) is 0 Å². The number of nitrogens with zero attached hydrogens (tertiary/aromatic N) is 1. The van der Waals surface area contributed by atoms with Crippen molar-refractivity contribution in [2.45, 2.75) is 46.0 Å². The van der Waals surface area contributed by atoms with Crippen molar-refractivity contribution in [1.29, 1.82) is 0 Å². The number of carbonyl (C=O) groups is 2. The fraction of sp³-hybridized carbons (Fsp3) is 0.846. The summed E-state index contributed by atoms with van der Waals surface area (Å²) >= 11 is 0. The molecule has 2 amide bonds. The van der Waals surface area contributed by atoms with Gasteiger partial charge in [-0.25, -0.2) is 0 Å². The Morgan fingerprint density at radius 1 is 1.41 bits per heavy atom. The van der Waals surface area contributed by atoms with E-state index in [0.29, 0.717) is 12.5 Å². The third-order valence-electron chi connectivity index (χ3n) is 3.17. The number of unbranched alkanes of at least 4 members (excludes halogenated alkanes) is 1. The van der Waals surface area contributed by atoms with E-state index in [1.54, 1.807) is 0 Å². The second-order valence-electron chi connectivity index (χ2n) is 4.97. The van der Waals surface area contributed by atoms with Crippen LogP contribution in [0.3, 0.4) is 0 Å². The van der Waals surface area contributed by atoms with Crippen molar-refractivity contribution in [1.82, 2.24) is 10.2 Å². The maximum Gasteiger partial charge on any atom is 0.232 e. The van der Waals surface area contributed by atoms with E-state index in [4.69, 9.17) is 0 Å². The fourth-order valence-electron chi connectivity index (χ4n) is 2.13. The zero-order valence-corrected chi connectivity index (χ0v) is 11.0. The molecule has 1 fully saturated rings. The summed E-state index contributed by atoms with van der Waals surface area (Å²) in [5.74, 6) is 0.406. The van der Waals surface area contributed by atoms with Gasteiger partial charge in [-0.1, -0.05) is 20.3 Å². The lowest BCUT2D eigenvalue weighted by Crippen LogP contribution is -2.41. The Hall–Kier alpha value is -1.06. The maximum atomic E-state index is 11.9. The highest BCUT2D eigenvalue weighted by molar-refractivity contribution is 5.96. The Morgan fingerprint density at radius 2 is 2.18 bits per heavy atom. The van der Waals surface area contributed by atoms with Gasteiger partial charge in [-0.3, -0.25) is 9.59 Å². The molecule has 1 atom stereocenters. The van der Waals surface area contributed by atoms with Crippen LogP contribution in [-0.2, 0) is 9.59 Å². The van der Waals surface area contributed by atoms with Crippen molar-refractivity contribution in [2.75, 3.05) is 19.6 Å². The number of likely N-dealkylation sites (tertiary alicyclic amines) is 1. The average molecular weight is 240 g/mol. The second kappa shape index (κ2) is 7.30. The highest BCUT2D eigenvalue weighted by Crippen LogP contribution is 2.15. The maximum absolute atomic E-state index is 11.9. The van der Waals surface area contributed by atoms with E-state index in [2.05, 4.69) is 19.2 Å². The van der Waals surface area contributed by atoms with Gasteiger partial charge in [0.1, 0.15) is 6.42 Å². The van der Waals surface area contributed by atoms with Crippen LogP contribution in [0.5, 0.6) is 0 Å². The number of rotatable bonds is 5. The number of amides is 2. The second-order valence-corrected chi connectivity index (χ2v) is 4.97. The van der Waals surface area contributed by atoms with E-state index in [1.165, 1.54) is 6.42 Å². The number of hydrogen-bond donors (Lipinski definition) is 1. The molecule has 4 heteroatoms. The highest BCUT2D eigenvalue weighted by atomic mass is 16.2. The highest BCUT2D eigenvalue weighted by Gasteiger charge is 2.22. The van der Waals surface area contributed by atoms with E-state index >= 15 is 0 Å². The van der Waals surface area contributed by atoms with Crippen LogP contribution in [0.1, 0.15) is 46.0 Å². The molecule has 1 rings (SSSR count). The lowest BCUT2D eigenvalue weighted by atomic mass is 10.00. The predicted octanol–water partition coefficient (Wildman–Crippen LogP) is 1.55. The lowest BCUT2D eigenvalue weighted by Gasteiger charge is -2.30. The van der Waals surface area contributed by atoms with Crippen LogP contribution in [0, 0.1) is 5.92 Å². The summed E-state index contributed by atoms with van der Waals surface area (Å²) in [6.07, 6.45) is 4.28. The summed E-state index contributed by atoms with van der Waals surface area (Å²) in [6, 6.07) is 0. The minimum Gasteiger partial charge on any atom is -0.356 e. The van der Waals surface area contributed by atoms with Gasteiger partial charge in [-0.2, -0.15) is 0 Å². The van der Waals surface area contributed by atoms with Gasteiger partial charge < -0.3 is 10.2 Å². The Kier molecular flexibility index (Phi) is 6.01. The molecule has 0 aromatic rings. The summed E-state index contributed by atoms with van der Waals surface area (Å²) in [6.45, 7) is 6.53. The quantitative estimate of drug-likeness (QED) is 0.585. The molecule has 1 N–H and O–H groups in total. The predicted molar refractivity (Wildman–Crippen MR) is 67.5 cm³/mol. The fourth-order valence-corrected chi connectivity index (χ4v) is 2.13. The Bertz CT molecular complexity index is 266. The summed E-state index contributed by atoms with van der Waals surface area (Å²) in [7, 11) is 0. The normalized spacial score (nSPS) is 20.1. The number of carbonyl (C=O) groups excluding carboxylic acids is 2. The molecule has 4 nitrogen and oxygen atoms in total. The first kappa shape index (κ1) is 14.0. The van der Waals surface area contributed by atoms with Crippen molar-refractivity contribution in [2.24, 2.45) is 5.92 Å². The number of hydrogen-bond acceptors (Lipinski definition) is 2. The van der Waals surface area contributed by atoms with E-state index in [1.807, 2.05) is 4.90 Å². The smallest absolute Gasteiger partial charge is 0.232 e. The molecule has 0 aliphatic carbocycles. The molecule has 1 unspecified atom stereocenters. The van der Waals surface area contributed by atoms with Gasteiger partial charge in [0, 0.05) is 19.6 Å². The molecule has 1 saturated heterocycles. The SMILES string of the molecule is CCCCNC(=O)CC(=O)N1CCCC(C)C1. The first-order valence-corrected chi connectivity index (χ1v) is 6.68. The van der Waals surface area contributed by atoms with Gasteiger partial charge in [0.25, 0.3) is 0 Å². The molecule has 0 spiro atoms. The molecular formula is C13H24N2O2. The minimum atomic E-state index is -0.137. The Balaban J connectivity index is 2.25. The summed E-state index contributed by atoms with van der Waals surface area (Å²) in [5, 5.41) is 2.78. The Labute approximate surface area is 104 Å². The molecule has 0 bridgehead atoms.